The Morgan fingerprint density at radius 2 is 1.82 bits per heavy atom. The molecule has 0 bridgehead atoms. The van der Waals surface area contributed by atoms with Crippen LogP contribution in [0, 0.1) is 0 Å². The van der Waals surface area contributed by atoms with Crippen LogP contribution in [0.2, 0.25) is 0 Å². The summed E-state index contributed by atoms with van der Waals surface area (Å²) in [5, 5.41) is 0. The molecule has 0 aliphatic carbocycles. The van der Waals surface area contributed by atoms with Gasteiger partial charge < -0.3 is 14.4 Å². The lowest BCUT2D eigenvalue weighted by molar-refractivity contribution is -0.134. The average molecular weight is 379 g/mol. The fourth-order valence-electron chi connectivity index (χ4n) is 4.04. The molecular weight excluding hydrogens is 354 g/mol. The van der Waals surface area contributed by atoms with E-state index in [1.807, 2.05) is 60.4 Å². The maximum absolute atomic E-state index is 12.7. The number of piperidine rings is 1. The van der Waals surface area contributed by atoms with Gasteiger partial charge in [0.25, 0.3) is 0 Å². The Hall–Kier alpha value is -2.82. The molecule has 1 fully saturated rings. The number of nitrogens with zero attached hydrogens (tertiary/aromatic N) is 1. The zero-order valence-electron chi connectivity index (χ0n) is 16.1. The lowest BCUT2D eigenvalue weighted by Gasteiger charge is -2.44. The highest BCUT2D eigenvalue weighted by atomic mass is 16.5. The van der Waals surface area contributed by atoms with E-state index in [9.17, 15) is 9.59 Å². The molecule has 4 rings (SSSR count). The Bertz CT molecular complexity index is 866. The van der Waals surface area contributed by atoms with Crippen molar-refractivity contribution < 1.29 is 19.1 Å². The molecule has 2 aliphatic heterocycles. The summed E-state index contributed by atoms with van der Waals surface area (Å²) in [5.74, 6) is 1.74. The number of carbonyl (C=O) groups is 2. The van der Waals surface area contributed by atoms with E-state index in [1.54, 1.807) is 0 Å². The fourth-order valence-corrected chi connectivity index (χ4v) is 4.04. The number of ketones is 1. The number of likely N-dealkylation sites (tertiary alicyclic amines) is 1. The molecule has 0 N–H and O–H groups in total. The summed E-state index contributed by atoms with van der Waals surface area (Å²) < 4.78 is 11.7. The second-order valence-corrected chi connectivity index (χ2v) is 7.52. The van der Waals surface area contributed by atoms with Crippen LogP contribution >= 0.6 is 0 Å². The number of hydrogen-bond acceptors (Lipinski definition) is 4. The number of hydrogen-bond donors (Lipinski definition) is 0. The molecule has 1 amide bonds. The van der Waals surface area contributed by atoms with E-state index in [-0.39, 0.29) is 11.7 Å². The van der Waals surface area contributed by atoms with E-state index in [0.717, 1.165) is 11.3 Å². The highest BCUT2D eigenvalue weighted by molar-refractivity contribution is 6.00. The van der Waals surface area contributed by atoms with Gasteiger partial charge in [-0.05, 0) is 36.8 Å². The lowest BCUT2D eigenvalue weighted by Crippen LogP contribution is -2.52. The normalized spacial score (nSPS) is 17.8. The van der Waals surface area contributed by atoms with E-state index in [0.29, 0.717) is 56.7 Å². The molecule has 146 valence electrons. The van der Waals surface area contributed by atoms with Gasteiger partial charge in [-0.25, -0.2) is 0 Å². The van der Waals surface area contributed by atoms with Gasteiger partial charge in [0, 0.05) is 25.9 Å². The van der Waals surface area contributed by atoms with Gasteiger partial charge in [-0.15, -0.1) is 0 Å². The second kappa shape index (κ2) is 7.66. The maximum Gasteiger partial charge on any atom is 0.226 e. The van der Waals surface area contributed by atoms with E-state index in [4.69, 9.17) is 9.47 Å². The lowest BCUT2D eigenvalue weighted by atomic mass is 9.82. The summed E-state index contributed by atoms with van der Waals surface area (Å²) in [4.78, 5) is 27.1. The second-order valence-electron chi connectivity index (χ2n) is 7.52. The first-order valence-corrected chi connectivity index (χ1v) is 9.89. The number of para-hydroxylation sites is 1. The molecule has 1 spiro atoms. The van der Waals surface area contributed by atoms with Crippen molar-refractivity contribution in [1.82, 2.24) is 4.90 Å². The van der Waals surface area contributed by atoms with Crippen molar-refractivity contribution >= 4 is 11.7 Å². The number of fused-ring (bicyclic) bond motifs is 1. The predicted molar refractivity (Wildman–Crippen MR) is 106 cm³/mol. The molecule has 2 aliphatic rings. The molecule has 0 radical (unpaired) electrons. The van der Waals surface area contributed by atoms with Crippen LogP contribution in [0.4, 0.5) is 0 Å². The van der Waals surface area contributed by atoms with Gasteiger partial charge in [-0.3, -0.25) is 9.59 Å². The number of ether oxygens (including phenoxy) is 2. The third-order valence-electron chi connectivity index (χ3n) is 5.61. The van der Waals surface area contributed by atoms with Crippen molar-refractivity contribution in [2.45, 2.75) is 38.2 Å². The number of rotatable bonds is 4. The minimum Gasteiger partial charge on any atom is -0.494 e. The topological polar surface area (TPSA) is 55.8 Å². The zero-order chi connectivity index (χ0) is 19.6. The smallest absolute Gasteiger partial charge is 0.226 e. The van der Waals surface area contributed by atoms with Crippen LogP contribution in [-0.2, 0) is 11.2 Å². The highest BCUT2D eigenvalue weighted by Gasteiger charge is 2.43. The largest absolute Gasteiger partial charge is 0.494 e. The molecule has 2 aromatic rings. The molecule has 28 heavy (non-hydrogen) atoms. The van der Waals surface area contributed by atoms with Crippen LogP contribution in [0.3, 0.4) is 0 Å². The van der Waals surface area contributed by atoms with Gasteiger partial charge in [-0.2, -0.15) is 0 Å². The van der Waals surface area contributed by atoms with Crippen LogP contribution in [0.15, 0.2) is 48.5 Å². The maximum atomic E-state index is 12.7. The van der Waals surface area contributed by atoms with Crippen LogP contribution in [-0.4, -0.2) is 41.9 Å². The van der Waals surface area contributed by atoms with Gasteiger partial charge in [-0.1, -0.05) is 24.3 Å². The van der Waals surface area contributed by atoms with Crippen LogP contribution in [0.25, 0.3) is 0 Å². The first-order chi connectivity index (χ1) is 13.6. The minimum atomic E-state index is -0.471. The standard InChI is InChI=1S/C23H25NO4/c1-2-27-18-9-7-17(8-10-18)15-22(26)24-13-11-23(12-14-24)16-20(25)19-5-3-4-6-21(19)28-23/h3-10H,2,11-16H2,1H3. The zero-order valence-corrected chi connectivity index (χ0v) is 16.1. The molecular formula is C23H25NO4. The molecule has 0 unspecified atom stereocenters. The Kier molecular flexibility index (Phi) is 5.07. The minimum absolute atomic E-state index is 0.113. The van der Waals surface area contributed by atoms with Crippen molar-refractivity contribution in [2.75, 3.05) is 19.7 Å². The number of carbonyl (C=O) groups excluding carboxylic acids is 2. The monoisotopic (exact) mass is 379 g/mol. The summed E-state index contributed by atoms with van der Waals surface area (Å²) in [6.07, 6.45) is 2.14. The number of Topliss-reactive ketones (excluding diaryl/α,β-unsaturated/α-hetero) is 1. The molecule has 5 nitrogen and oxygen atoms in total. The van der Waals surface area contributed by atoms with Gasteiger partial charge in [0.1, 0.15) is 17.1 Å². The summed E-state index contributed by atoms with van der Waals surface area (Å²) in [7, 11) is 0. The summed E-state index contributed by atoms with van der Waals surface area (Å²) >= 11 is 0. The van der Waals surface area contributed by atoms with Crippen molar-refractivity contribution in [1.29, 1.82) is 0 Å². The third kappa shape index (κ3) is 3.75. The van der Waals surface area contributed by atoms with Crippen LogP contribution < -0.4 is 9.47 Å². The molecule has 1 saturated heterocycles. The van der Waals surface area contributed by atoms with E-state index in [1.165, 1.54) is 0 Å². The van der Waals surface area contributed by atoms with Gasteiger partial charge >= 0.3 is 0 Å². The molecule has 0 atom stereocenters. The van der Waals surface area contributed by atoms with Crippen molar-refractivity contribution in [3.63, 3.8) is 0 Å². The number of amides is 1. The van der Waals surface area contributed by atoms with Crippen molar-refractivity contribution in [2.24, 2.45) is 0 Å². The molecule has 2 heterocycles. The van der Waals surface area contributed by atoms with Gasteiger partial charge in [0.15, 0.2) is 5.78 Å². The van der Waals surface area contributed by atoms with Crippen molar-refractivity contribution in [3.05, 3.63) is 59.7 Å². The quantitative estimate of drug-likeness (QED) is 0.814. The van der Waals surface area contributed by atoms with Gasteiger partial charge in [0.2, 0.25) is 5.91 Å². The molecule has 5 heteroatoms. The molecule has 0 saturated carbocycles. The van der Waals surface area contributed by atoms with E-state index >= 15 is 0 Å². The van der Waals surface area contributed by atoms with Crippen LogP contribution in [0.5, 0.6) is 11.5 Å². The Morgan fingerprint density at radius 1 is 1.11 bits per heavy atom. The van der Waals surface area contributed by atoms with Gasteiger partial charge in [0.05, 0.1) is 25.0 Å². The van der Waals surface area contributed by atoms with Crippen molar-refractivity contribution in [3.8, 4) is 11.5 Å². The predicted octanol–water partition coefficient (Wildman–Crippen LogP) is 3.65. The third-order valence-corrected chi connectivity index (χ3v) is 5.61. The van der Waals surface area contributed by atoms with E-state index in [2.05, 4.69) is 0 Å². The first-order valence-electron chi connectivity index (χ1n) is 9.89. The Morgan fingerprint density at radius 3 is 2.54 bits per heavy atom. The van der Waals surface area contributed by atoms with E-state index < -0.39 is 5.60 Å². The summed E-state index contributed by atoms with van der Waals surface area (Å²) in [6, 6.07) is 15.1. The summed E-state index contributed by atoms with van der Waals surface area (Å²) in [5.41, 5.74) is 1.18. The fraction of sp³-hybridized carbons (Fsp3) is 0.391. The Labute approximate surface area is 165 Å². The van der Waals surface area contributed by atoms with Crippen LogP contribution in [0.1, 0.15) is 42.1 Å². The average Bonchev–Trinajstić information content (AvgIpc) is 2.70. The first kappa shape index (κ1) is 18.5. The molecule has 2 aromatic carbocycles. The molecule has 0 aromatic heterocycles. The SMILES string of the molecule is CCOc1ccc(CC(=O)N2CCC3(CC2)CC(=O)c2ccccc2O3)cc1. The summed E-state index contributed by atoms with van der Waals surface area (Å²) in [6.45, 7) is 3.81. The highest BCUT2D eigenvalue weighted by Crippen LogP contribution is 2.39. The Balaban J connectivity index is 1.36. The number of benzene rings is 2.